The number of nitrogens with one attached hydrogen (secondary N) is 1. The molecule has 0 fully saturated rings. The van der Waals surface area contributed by atoms with Gasteiger partial charge in [0, 0.05) is 16.1 Å². The number of aryl methyl sites for hydroxylation is 1. The normalized spacial score (nSPS) is 14.2. The predicted molar refractivity (Wildman–Crippen MR) is 90.7 cm³/mol. The van der Waals surface area contributed by atoms with Gasteiger partial charge in [-0.1, -0.05) is 43.1 Å². The minimum atomic E-state index is 0.339. The summed E-state index contributed by atoms with van der Waals surface area (Å²) in [6.07, 6.45) is 2.42. The summed E-state index contributed by atoms with van der Waals surface area (Å²) in [5.41, 5.74) is 3.77. The Bertz CT molecular complexity index is 445. The maximum absolute atomic E-state index is 5.71. The number of methoxy groups -OCH3 is 1. The van der Waals surface area contributed by atoms with Crippen molar-refractivity contribution in [3.05, 3.63) is 27.2 Å². The van der Waals surface area contributed by atoms with Gasteiger partial charge in [-0.15, -0.1) is 0 Å². The molecule has 0 amide bonds. The van der Waals surface area contributed by atoms with Crippen molar-refractivity contribution in [3.63, 3.8) is 0 Å². The molecule has 1 N–H and O–H groups in total. The predicted octanol–water partition coefficient (Wildman–Crippen LogP) is 5.16. The molecule has 1 aromatic rings. The molecule has 2 unspecified atom stereocenters. The number of ether oxygens (including phenoxy) is 1. The summed E-state index contributed by atoms with van der Waals surface area (Å²) in [7, 11) is 1.77. The van der Waals surface area contributed by atoms with Gasteiger partial charge in [-0.25, -0.2) is 0 Å². The molecule has 1 rings (SSSR count). The maximum Gasteiger partial charge on any atom is 0.126 e. The molecule has 2 atom stereocenters. The first-order valence-electron chi connectivity index (χ1n) is 7.54. The van der Waals surface area contributed by atoms with E-state index >= 15 is 0 Å². The van der Waals surface area contributed by atoms with Gasteiger partial charge < -0.3 is 10.1 Å². The van der Waals surface area contributed by atoms with Crippen LogP contribution in [0.5, 0.6) is 5.75 Å². The number of hydrogen-bond acceptors (Lipinski definition) is 2. The summed E-state index contributed by atoms with van der Waals surface area (Å²) in [6.45, 7) is 12.0. The van der Waals surface area contributed by atoms with E-state index in [0.717, 1.165) is 16.8 Å². The number of hydrogen-bond donors (Lipinski definition) is 1. The fraction of sp³-hybridized carbons (Fsp3) is 0.647. The smallest absolute Gasteiger partial charge is 0.126 e. The zero-order valence-corrected chi connectivity index (χ0v) is 15.2. The van der Waals surface area contributed by atoms with Crippen molar-refractivity contribution in [1.29, 1.82) is 0 Å². The second-order valence-corrected chi connectivity index (χ2v) is 6.40. The third-order valence-corrected chi connectivity index (χ3v) is 4.78. The first kappa shape index (κ1) is 17.5. The second-order valence-electron chi connectivity index (χ2n) is 5.55. The van der Waals surface area contributed by atoms with Crippen LogP contribution < -0.4 is 10.1 Å². The van der Waals surface area contributed by atoms with Crippen LogP contribution in [0.4, 0.5) is 0 Å². The van der Waals surface area contributed by atoms with E-state index in [1.807, 2.05) is 0 Å². The summed E-state index contributed by atoms with van der Waals surface area (Å²) < 4.78 is 6.87. The van der Waals surface area contributed by atoms with Crippen LogP contribution in [-0.4, -0.2) is 13.7 Å². The van der Waals surface area contributed by atoms with Crippen LogP contribution in [0, 0.1) is 19.8 Å². The Balaban J connectivity index is 3.37. The van der Waals surface area contributed by atoms with Gasteiger partial charge in [0.05, 0.1) is 7.11 Å². The van der Waals surface area contributed by atoms with E-state index in [2.05, 4.69) is 61.9 Å². The molecule has 0 bridgehead atoms. The molecular formula is C17H28BrNO. The van der Waals surface area contributed by atoms with Gasteiger partial charge in [-0.05, 0) is 49.9 Å². The van der Waals surface area contributed by atoms with Crippen molar-refractivity contribution in [1.82, 2.24) is 5.32 Å². The lowest BCUT2D eigenvalue weighted by Gasteiger charge is -2.29. The van der Waals surface area contributed by atoms with Crippen molar-refractivity contribution in [2.75, 3.05) is 13.7 Å². The Morgan fingerprint density at radius 3 is 2.45 bits per heavy atom. The van der Waals surface area contributed by atoms with Crippen LogP contribution in [0.3, 0.4) is 0 Å². The lowest BCUT2D eigenvalue weighted by atomic mass is 9.87. The van der Waals surface area contributed by atoms with E-state index in [-0.39, 0.29) is 0 Å². The Hall–Kier alpha value is -0.540. The Morgan fingerprint density at radius 2 is 1.95 bits per heavy atom. The molecule has 0 saturated carbocycles. The molecule has 114 valence electrons. The molecule has 0 spiro atoms. The number of halogens is 1. The molecule has 0 aliphatic rings. The minimum absolute atomic E-state index is 0.339. The molecule has 0 aliphatic heterocycles. The summed E-state index contributed by atoms with van der Waals surface area (Å²) in [5, 5.41) is 3.65. The van der Waals surface area contributed by atoms with Gasteiger partial charge >= 0.3 is 0 Å². The Kier molecular flexibility index (Phi) is 7.04. The molecule has 0 aromatic heterocycles. The van der Waals surface area contributed by atoms with Gasteiger partial charge in [0.15, 0.2) is 0 Å². The second kappa shape index (κ2) is 8.04. The highest BCUT2D eigenvalue weighted by atomic mass is 79.9. The van der Waals surface area contributed by atoms with Crippen molar-refractivity contribution in [2.45, 2.75) is 53.5 Å². The van der Waals surface area contributed by atoms with E-state index in [9.17, 15) is 0 Å². The summed E-state index contributed by atoms with van der Waals surface area (Å²) in [6, 6.07) is 2.48. The minimum Gasteiger partial charge on any atom is -0.496 e. The molecule has 0 heterocycles. The Labute approximate surface area is 132 Å². The molecule has 0 saturated heterocycles. The largest absolute Gasteiger partial charge is 0.496 e. The van der Waals surface area contributed by atoms with Crippen molar-refractivity contribution in [2.24, 2.45) is 5.92 Å². The molecule has 0 radical (unpaired) electrons. The monoisotopic (exact) mass is 341 g/mol. The van der Waals surface area contributed by atoms with E-state index in [0.29, 0.717) is 12.0 Å². The molecule has 3 heteroatoms. The van der Waals surface area contributed by atoms with E-state index in [1.54, 1.807) is 7.11 Å². The fourth-order valence-electron chi connectivity index (χ4n) is 2.95. The van der Waals surface area contributed by atoms with Gasteiger partial charge in [0.25, 0.3) is 0 Å². The average Bonchev–Trinajstić information content (AvgIpc) is 2.40. The highest BCUT2D eigenvalue weighted by molar-refractivity contribution is 9.10. The zero-order chi connectivity index (χ0) is 15.3. The van der Waals surface area contributed by atoms with E-state index in [1.165, 1.54) is 29.5 Å². The quantitative estimate of drug-likeness (QED) is 0.739. The summed E-state index contributed by atoms with van der Waals surface area (Å²) >= 11 is 3.68. The van der Waals surface area contributed by atoms with Gasteiger partial charge in [-0.2, -0.15) is 0 Å². The van der Waals surface area contributed by atoms with Crippen LogP contribution >= 0.6 is 15.9 Å². The van der Waals surface area contributed by atoms with Crippen LogP contribution in [0.25, 0.3) is 0 Å². The average molecular weight is 342 g/mol. The lowest BCUT2D eigenvalue weighted by molar-refractivity contribution is 0.344. The number of rotatable bonds is 7. The topological polar surface area (TPSA) is 21.3 Å². The molecule has 1 aromatic carbocycles. The fourth-order valence-corrected chi connectivity index (χ4v) is 3.51. The highest BCUT2D eigenvalue weighted by Gasteiger charge is 2.25. The van der Waals surface area contributed by atoms with Gasteiger partial charge in [-0.3, -0.25) is 0 Å². The van der Waals surface area contributed by atoms with E-state index in [4.69, 9.17) is 4.74 Å². The molecular weight excluding hydrogens is 314 g/mol. The molecule has 20 heavy (non-hydrogen) atoms. The van der Waals surface area contributed by atoms with Crippen LogP contribution in [0.15, 0.2) is 10.5 Å². The van der Waals surface area contributed by atoms with Crippen LogP contribution in [0.1, 0.15) is 56.3 Å². The van der Waals surface area contributed by atoms with Crippen LogP contribution in [-0.2, 0) is 0 Å². The first-order chi connectivity index (χ1) is 9.47. The number of benzene rings is 1. The van der Waals surface area contributed by atoms with Crippen molar-refractivity contribution >= 4 is 15.9 Å². The Morgan fingerprint density at radius 1 is 1.30 bits per heavy atom. The third kappa shape index (κ3) is 3.76. The first-order valence-corrected chi connectivity index (χ1v) is 8.34. The zero-order valence-electron chi connectivity index (χ0n) is 13.6. The SMILES string of the molecule is CCCC(C)C(NCC)c1c(C)c(Br)cc(C)c1OC. The lowest BCUT2D eigenvalue weighted by Crippen LogP contribution is -2.28. The van der Waals surface area contributed by atoms with Crippen molar-refractivity contribution < 1.29 is 4.74 Å². The molecule has 0 aliphatic carbocycles. The standard InChI is InChI=1S/C17H28BrNO/c1-7-9-11(3)16(19-8-2)15-13(5)14(18)10-12(4)17(15)20-6/h10-11,16,19H,7-9H2,1-6H3. The van der Waals surface area contributed by atoms with E-state index < -0.39 is 0 Å². The van der Waals surface area contributed by atoms with Crippen molar-refractivity contribution in [3.8, 4) is 5.75 Å². The summed E-state index contributed by atoms with van der Waals surface area (Å²) in [5.74, 6) is 1.61. The summed E-state index contributed by atoms with van der Waals surface area (Å²) in [4.78, 5) is 0. The third-order valence-electron chi connectivity index (χ3n) is 3.96. The van der Waals surface area contributed by atoms with Crippen LogP contribution in [0.2, 0.25) is 0 Å². The molecule has 2 nitrogen and oxygen atoms in total. The van der Waals surface area contributed by atoms with Gasteiger partial charge in [0.1, 0.15) is 5.75 Å². The van der Waals surface area contributed by atoms with Gasteiger partial charge in [0.2, 0.25) is 0 Å². The highest BCUT2D eigenvalue weighted by Crippen LogP contribution is 2.39. The maximum atomic E-state index is 5.71.